The summed E-state index contributed by atoms with van der Waals surface area (Å²) in [5, 5.41) is 12.8. The number of nitrogens with zero attached hydrogens (tertiary/aromatic N) is 2. The van der Waals surface area contributed by atoms with Gasteiger partial charge in [0.05, 0.1) is 0 Å². The van der Waals surface area contributed by atoms with Gasteiger partial charge in [0, 0.05) is 18.9 Å². The standard InChI is InChI=1S/C12H12FN5O4S/c13-8-3-7(5-16-12-14-1-2-15-12)4-9(19)11(8)18-6-10(20)17-23(18,21)22/h1-4,19H,5-6H2,(H,17,20)(H2,14,15,16). The number of hydrogen-bond acceptors (Lipinski definition) is 6. The van der Waals surface area contributed by atoms with E-state index in [0.29, 0.717) is 15.8 Å². The van der Waals surface area contributed by atoms with Gasteiger partial charge in [-0.2, -0.15) is 8.42 Å². The summed E-state index contributed by atoms with van der Waals surface area (Å²) in [4.78, 5) is 17.9. The molecule has 1 aromatic heterocycles. The number of halogens is 1. The molecule has 0 spiro atoms. The van der Waals surface area contributed by atoms with E-state index in [4.69, 9.17) is 0 Å². The third kappa shape index (κ3) is 2.90. The van der Waals surface area contributed by atoms with Crippen LogP contribution in [0.15, 0.2) is 24.5 Å². The smallest absolute Gasteiger partial charge is 0.326 e. The number of amides is 1. The molecule has 4 N–H and O–H groups in total. The number of aromatic nitrogens is 2. The number of phenolic OH excluding ortho intramolecular Hbond substituents is 1. The highest BCUT2D eigenvalue weighted by atomic mass is 32.2. The van der Waals surface area contributed by atoms with Crippen LogP contribution in [0.4, 0.5) is 16.0 Å². The van der Waals surface area contributed by atoms with Crippen LogP contribution < -0.4 is 14.3 Å². The zero-order valence-electron chi connectivity index (χ0n) is 11.6. The first-order chi connectivity index (χ1) is 10.9. The van der Waals surface area contributed by atoms with Gasteiger partial charge in [0.15, 0.2) is 11.8 Å². The second-order valence-corrected chi connectivity index (χ2v) is 6.37. The minimum absolute atomic E-state index is 0.155. The molecule has 1 aliphatic rings. The third-order valence-electron chi connectivity index (χ3n) is 3.13. The Morgan fingerprint density at radius 2 is 2.22 bits per heavy atom. The van der Waals surface area contributed by atoms with Crippen molar-refractivity contribution >= 4 is 27.8 Å². The Kier molecular flexibility index (Phi) is 3.56. The molecule has 3 rings (SSSR count). The Bertz CT molecular complexity index is 829. The van der Waals surface area contributed by atoms with Crippen molar-refractivity contribution in [2.24, 2.45) is 0 Å². The van der Waals surface area contributed by atoms with Crippen molar-refractivity contribution in [1.82, 2.24) is 14.7 Å². The highest BCUT2D eigenvalue weighted by Gasteiger charge is 2.37. The van der Waals surface area contributed by atoms with Crippen LogP contribution in [0.2, 0.25) is 0 Å². The second-order valence-electron chi connectivity index (χ2n) is 4.77. The number of phenols is 1. The average molecular weight is 341 g/mol. The van der Waals surface area contributed by atoms with Crippen LogP contribution in [0.3, 0.4) is 0 Å². The van der Waals surface area contributed by atoms with E-state index >= 15 is 0 Å². The van der Waals surface area contributed by atoms with Crippen molar-refractivity contribution in [3.8, 4) is 5.75 Å². The van der Waals surface area contributed by atoms with Crippen LogP contribution in [-0.2, 0) is 21.5 Å². The van der Waals surface area contributed by atoms with E-state index in [0.717, 1.165) is 6.07 Å². The Balaban J connectivity index is 1.87. The Morgan fingerprint density at radius 3 is 2.78 bits per heavy atom. The lowest BCUT2D eigenvalue weighted by molar-refractivity contribution is -0.117. The van der Waals surface area contributed by atoms with E-state index in [-0.39, 0.29) is 6.54 Å². The zero-order valence-corrected chi connectivity index (χ0v) is 12.4. The molecule has 122 valence electrons. The number of aromatic hydroxyl groups is 1. The molecular formula is C12H12FN5O4S. The van der Waals surface area contributed by atoms with Gasteiger partial charge in [-0.05, 0) is 17.7 Å². The number of rotatable bonds is 4. The van der Waals surface area contributed by atoms with Gasteiger partial charge in [0.2, 0.25) is 0 Å². The first-order valence-electron chi connectivity index (χ1n) is 6.45. The van der Waals surface area contributed by atoms with Crippen LogP contribution >= 0.6 is 0 Å². The molecule has 9 nitrogen and oxygen atoms in total. The molecule has 0 aliphatic carbocycles. The number of anilines is 2. The Morgan fingerprint density at radius 1 is 1.43 bits per heavy atom. The second kappa shape index (κ2) is 5.43. The SMILES string of the molecule is O=C1CN(c2c(O)cc(CNc3ncc[nH]3)cc2F)S(=O)(=O)N1. The van der Waals surface area contributed by atoms with Gasteiger partial charge >= 0.3 is 10.2 Å². The van der Waals surface area contributed by atoms with Crippen molar-refractivity contribution in [3.63, 3.8) is 0 Å². The lowest BCUT2D eigenvalue weighted by Gasteiger charge is -2.17. The normalized spacial score (nSPS) is 16.4. The fourth-order valence-corrected chi connectivity index (χ4v) is 3.35. The molecule has 0 radical (unpaired) electrons. The van der Waals surface area contributed by atoms with Gasteiger partial charge in [-0.15, -0.1) is 0 Å². The maximum absolute atomic E-state index is 14.2. The Labute approximate surface area is 130 Å². The average Bonchev–Trinajstić information content (AvgIpc) is 3.04. The predicted molar refractivity (Wildman–Crippen MR) is 78.4 cm³/mol. The molecular weight excluding hydrogens is 329 g/mol. The number of carbonyl (C=O) groups excluding carboxylic acids is 1. The lowest BCUT2D eigenvalue weighted by atomic mass is 10.1. The fraction of sp³-hybridized carbons (Fsp3) is 0.167. The van der Waals surface area contributed by atoms with Gasteiger partial charge in [0.25, 0.3) is 5.91 Å². The van der Waals surface area contributed by atoms with Crippen molar-refractivity contribution in [3.05, 3.63) is 35.9 Å². The quantitative estimate of drug-likeness (QED) is 0.622. The van der Waals surface area contributed by atoms with Crippen molar-refractivity contribution in [2.45, 2.75) is 6.54 Å². The van der Waals surface area contributed by atoms with Gasteiger partial charge in [-0.3, -0.25) is 4.79 Å². The fourth-order valence-electron chi connectivity index (χ4n) is 2.18. The number of aromatic amines is 1. The van der Waals surface area contributed by atoms with Crippen LogP contribution in [0.25, 0.3) is 0 Å². The molecule has 0 unspecified atom stereocenters. The number of H-pyrrole nitrogens is 1. The zero-order chi connectivity index (χ0) is 16.6. The molecule has 1 aliphatic heterocycles. The largest absolute Gasteiger partial charge is 0.506 e. The molecule has 0 bridgehead atoms. The van der Waals surface area contributed by atoms with Gasteiger partial charge in [0.1, 0.15) is 18.0 Å². The summed E-state index contributed by atoms with van der Waals surface area (Å²) in [7, 11) is -4.19. The minimum Gasteiger partial charge on any atom is -0.506 e. The predicted octanol–water partition coefficient (Wildman–Crippen LogP) is 0.0475. The first-order valence-corrected chi connectivity index (χ1v) is 7.89. The van der Waals surface area contributed by atoms with E-state index in [1.54, 1.807) is 10.9 Å². The first kappa shape index (κ1) is 15.1. The van der Waals surface area contributed by atoms with Gasteiger partial charge in [-0.1, -0.05) is 0 Å². The highest BCUT2D eigenvalue weighted by Crippen LogP contribution is 2.34. The maximum atomic E-state index is 14.2. The number of benzene rings is 1. The molecule has 1 saturated heterocycles. The molecule has 2 heterocycles. The van der Waals surface area contributed by atoms with E-state index < -0.39 is 39.9 Å². The summed E-state index contributed by atoms with van der Waals surface area (Å²) in [6.07, 6.45) is 3.14. The topological polar surface area (TPSA) is 127 Å². The van der Waals surface area contributed by atoms with Gasteiger partial charge in [-0.25, -0.2) is 18.4 Å². The molecule has 1 aromatic carbocycles. The molecule has 0 atom stereocenters. The molecule has 0 saturated carbocycles. The van der Waals surface area contributed by atoms with E-state index in [9.17, 15) is 22.7 Å². The molecule has 2 aromatic rings. The monoisotopic (exact) mass is 341 g/mol. The van der Waals surface area contributed by atoms with Crippen LogP contribution in [-0.4, -0.2) is 35.9 Å². The molecule has 23 heavy (non-hydrogen) atoms. The summed E-state index contributed by atoms with van der Waals surface area (Å²) < 4.78 is 39.9. The van der Waals surface area contributed by atoms with E-state index in [1.807, 2.05) is 0 Å². The lowest BCUT2D eigenvalue weighted by Crippen LogP contribution is -2.30. The summed E-state index contributed by atoms with van der Waals surface area (Å²) in [6.45, 7) is -0.432. The van der Waals surface area contributed by atoms with E-state index in [2.05, 4.69) is 15.3 Å². The minimum atomic E-state index is -4.19. The molecule has 11 heteroatoms. The van der Waals surface area contributed by atoms with Crippen molar-refractivity contribution < 1.29 is 22.7 Å². The van der Waals surface area contributed by atoms with Crippen LogP contribution in [0.1, 0.15) is 5.56 Å². The van der Waals surface area contributed by atoms with Crippen LogP contribution in [0, 0.1) is 5.82 Å². The Hall–Kier alpha value is -2.82. The highest BCUT2D eigenvalue weighted by molar-refractivity contribution is 7.92. The van der Waals surface area contributed by atoms with E-state index in [1.165, 1.54) is 12.3 Å². The summed E-state index contributed by atoms with van der Waals surface area (Å²) in [6, 6.07) is 2.29. The molecule has 1 amide bonds. The van der Waals surface area contributed by atoms with Gasteiger partial charge < -0.3 is 15.4 Å². The van der Waals surface area contributed by atoms with Crippen LogP contribution in [0.5, 0.6) is 5.75 Å². The summed E-state index contributed by atoms with van der Waals surface area (Å²) in [5.74, 6) is -1.87. The number of hydrogen-bond donors (Lipinski definition) is 4. The van der Waals surface area contributed by atoms with Crippen molar-refractivity contribution in [1.29, 1.82) is 0 Å². The number of nitrogens with one attached hydrogen (secondary N) is 3. The number of imidazole rings is 1. The third-order valence-corrected chi connectivity index (χ3v) is 4.51. The van der Waals surface area contributed by atoms with Crippen molar-refractivity contribution in [2.75, 3.05) is 16.2 Å². The maximum Gasteiger partial charge on any atom is 0.326 e. The summed E-state index contributed by atoms with van der Waals surface area (Å²) in [5.41, 5.74) is -0.193. The summed E-state index contributed by atoms with van der Waals surface area (Å²) >= 11 is 0. The molecule has 1 fully saturated rings. The number of carbonyl (C=O) groups is 1.